The van der Waals surface area contributed by atoms with Crippen LogP contribution in [0.1, 0.15) is 6.92 Å². The van der Waals surface area contributed by atoms with E-state index in [0.29, 0.717) is 13.1 Å². The zero-order valence-electron chi connectivity index (χ0n) is 13.4. The normalized spacial score (nSPS) is 11.9. The Hall–Kier alpha value is -2.88. The van der Waals surface area contributed by atoms with Gasteiger partial charge in [-0.3, -0.25) is 0 Å². The van der Waals surface area contributed by atoms with E-state index >= 15 is 0 Å². The van der Waals surface area contributed by atoms with Gasteiger partial charge in [-0.1, -0.05) is 36.9 Å². The second-order valence-corrected chi connectivity index (χ2v) is 4.92. The van der Waals surface area contributed by atoms with Crippen LogP contribution >= 0.6 is 0 Å². The van der Waals surface area contributed by atoms with Crippen molar-refractivity contribution < 1.29 is 0 Å². The minimum atomic E-state index is 0.682. The van der Waals surface area contributed by atoms with Crippen LogP contribution in [0.15, 0.2) is 84.7 Å². The first kappa shape index (κ1) is 16.5. The lowest BCUT2D eigenvalue weighted by Gasteiger charge is -2.09. The molecule has 0 aliphatic heterocycles. The number of anilines is 2. The Morgan fingerprint density at radius 1 is 0.957 bits per heavy atom. The molecule has 2 N–H and O–H groups in total. The standard InChI is InChI=1S/C19H22N4/c1-3-16(14-22-18-9-5-7-11-20-18)13-17(4-2)15-23-19-10-6-8-12-21-19/h3-13H,1,14-15H2,2H3,(H,20,22)(H,21,23)/b16-13+,17-4+. The van der Waals surface area contributed by atoms with E-state index in [0.717, 1.165) is 17.2 Å². The molecule has 0 radical (unpaired) electrons. The Morgan fingerprint density at radius 3 is 1.96 bits per heavy atom. The van der Waals surface area contributed by atoms with Crippen molar-refractivity contribution in [1.29, 1.82) is 0 Å². The number of hydrogen-bond donors (Lipinski definition) is 2. The summed E-state index contributed by atoms with van der Waals surface area (Å²) in [6.45, 7) is 7.32. The Balaban J connectivity index is 1.93. The summed E-state index contributed by atoms with van der Waals surface area (Å²) in [5.41, 5.74) is 2.28. The van der Waals surface area contributed by atoms with Gasteiger partial charge in [-0.05, 0) is 42.3 Å². The molecule has 2 heterocycles. The molecule has 2 rings (SSSR count). The molecule has 0 bridgehead atoms. The van der Waals surface area contributed by atoms with Crippen molar-refractivity contribution in [1.82, 2.24) is 9.97 Å². The second kappa shape index (κ2) is 9.20. The Bertz CT molecular complexity index is 660. The third-order valence-corrected chi connectivity index (χ3v) is 3.28. The Labute approximate surface area is 137 Å². The van der Waals surface area contributed by atoms with Gasteiger partial charge >= 0.3 is 0 Å². The highest BCUT2D eigenvalue weighted by Gasteiger charge is 1.99. The van der Waals surface area contributed by atoms with E-state index < -0.39 is 0 Å². The van der Waals surface area contributed by atoms with Crippen LogP contribution in [0.3, 0.4) is 0 Å². The van der Waals surface area contributed by atoms with E-state index in [1.165, 1.54) is 5.57 Å². The lowest BCUT2D eigenvalue weighted by atomic mass is 10.1. The molecule has 2 aromatic rings. The molecule has 0 aliphatic carbocycles. The Morgan fingerprint density at radius 2 is 1.52 bits per heavy atom. The number of pyridine rings is 2. The summed E-state index contributed by atoms with van der Waals surface area (Å²) in [6, 6.07) is 11.6. The van der Waals surface area contributed by atoms with Gasteiger partial charge in [0.05, 0.1) is 0 Å². The molecule has 0 aliphatic rings. The first-order chi connectivity index (χ1) is 11.3. The molecule has 0 amide bonds. The monoisotopic (exact) mass is 306 g/mol. The fourth-order valence-corrected chi connectivity index (χ4v) is 1.98. The summed E-state index contributed by atoms with van der Waals surface area (Å²) in [6.07, 6.45) is 9.62. The maximum Gasteiger partial charge on any atom is 0.126 e. The molecule has 2 aromatic heterocycles. The van der Waals surface area contributed by atoms with E-state index in [4.69, 9.17) is 0 Å². The van der Waals surface area contributed by atoms with E-state index in [9.17, 15) is 0 Å². The van der Waals surface area contributed by atoms with Crippen LogP contribution in [-0.4, -0.2) is 23.1 Å². The third kappa shape index (κ3) is 5.79. The first-order valence-electron chi connectivity index (χ1n) is 7.60. The van der Waals surface area contributed by atoms with Crippen LogP contribution in [-0.2, 0) is 0 Å². The van der Waals surface area contributed by atoms with Crippen molar-refractivity contribution in [3.8, 4) is 0 Å². The highest BCUT2D eigenvalue weighted by molar-refractivity contribution is 5.42. The summed E-state index contributed by atoms with van der Waals surface area (Å²) in [5, 5.41) is 6.60. The van der Waals surface area contributed by atoms with Gasteiger partial charge in [0.15, 0.2) is 0 Å². The topological polar surface area (TPSA) is 49.8 Å². The van der Waals surface area contributed by atoms with Gasteiger partial charge in [-0.2, -0.15) is 0 Å². The fraction of sp³-hybridized carbons (Fsp3) is 0.158. The minimum Gasteiger partial charge on any atom is -0.366 e. The van der Waals surface area contributed by atoms with E-state index in [2.05, 4.69) is 39.3 Å². The molecule has 0 unspecified atom stereocenters. The average molecular weight is 306 g/mol. The van der Waals surface area contributed by atoms with Gasteiger partial charge in [0, 0.05) is 25.5 Å². The van der Waals surface area contributed by atoms with Crippen molar-refractivity contribution in [3.05, 3.63) is 84.7 Å². The number of allylic oxidation sites excluding steroid dienone is 1. The van der Waals surface area contributed by atoms with Gasteiger partial charge in [0.25, 0.3) is 0 Å². The van der Waals surface area contributed by atoms with Crippen LogP contribution in [0.4, 0.5) is 11.6 Å². The van der Waals surface area contributed by atoms with Crippen molar-refractivity contribution in [2.45, 2.75) is 6.92 Å². The number of nitrogens with zero attached hydrogens (tertiary/aromatic N) is 2. The minimum absolute atomic E-state index is 0.682. The van der Waals surface area contributed by atoms with Crippen LogP contribution < -0.4 is 10.6 Å². The number of aromatic nitrogens is 2. The highest BCUT2D eigenvalue weighted by Crippen LogP contribution is 2.09. The zero-order chi connectivity index (χ0) is 16.3. The molecule has 0 saturated carbocycles. The molecule has 4 nitrogen and oxygen atoms in total. The van der Waals surface area contributed by atoms with Crippen molar-refractivity contribution in [3.63, 3.8) is 0 Å². The van der Waals surface area contributed by atoms with Crippen molar-refractivity contribution in [2.75, 3.05) is 23.7 Å². The molecular weight excluding hydrogens is 284 g/mol. The summed E-state index contributed by atoms with van der Waals surface area (Å²) >= 11 is 0. The van der Waals surface area contributed by atoms with Gasteiger partial charge in [0.2, 0.25) is 0 Å². The maximum absolute atomic E-state index is 4.26. The molecule has 0 spiro atoms. The van der Waals surface area contributed by atoms with E-state index in [-0.39, 0.29) is 0 Å². The van der Waals surface area contributed by atoms with E-state index in [1.807, 2.05) is 49.4 Å². The summed E-state index contributed by atoms with van der Waals surface area (Å²) in [5.74, 6) is 1.72. The van der Waals surface area contributed by atoms with E-state index in [1.54, 1.807) is 12.4 Å². The predicted octanol–water partition coefficient (Wildman–Crippen LogP) is 4.06. The lowest BCUT2D eigenvalue weighted by molar-refractivity contribution is 1.16. The first-order valence-corrected chi connectivity index (χ1v) is 7.60. The summed E-state index contributed by atoms with van der Waals surface area (Å²) in [7, 11) is 0. The smallest absolute Gasteiger partial charge is 0.126 e. The van der Waals surface area contributed by atoms with Gasteiger partial charge < -0.3 is 10.6 Å². The third-order valence-electron chi connectivity index (χ3n) is 3.28. The van der Waals surface area contributed by atoms with Crippen LogP contribution in [0, 0.1) is 0 Å². The van der Waals surface area contributed by atoms with Gasteiger partial charge in [-0.15, -0.1) is 0 Å². The second-order valence-electron chi connectivity index (χ2n) is 4.92. The quantitative estimate of drug-likeness (QED) is 0.722. The lowest BCUT2D eigenvalue weighted by Crippen LogP contribution is -2.08. The maximum atomic E-state index is 4.26. The summed E-state index contributed by atoms with van der Waals surface area (Å²) in [4.78, 5) is 8.51. The molecule has 0 fully saturated rings. The SMILES string of the molecule is C=C/C(=C\C(=C/C)CNc1ccccn1)CNc1ccccn1. The molecule has 118 valence electrons. The molecule has 4 heteroatoms. The largest absolute Gasteiger partial charge is 0.366 e. The molecule has 23 heavy (non-hydrogen) atoms. The molecule has 0 aromatic carbocycles. The van der Waals surface area contributed by atoms with Gasteiger partial charge in [-0.25, -0.2) is 9.97 Å². The van der Waals surface area contributed by atoms with Crippen LogP contribution in [0.25, 0.3) is 0 Å². The highest BCUT2D eigenvalue weighted by atomic mass is 15.0. The Kier molecular flexibility index (Phi) is 6.60. The number of nitrogens with one attached hydrogen (secondary N) is 2. The predicted molar refractivity (Wildman–Crippen MR) is 97.5 cm³/mol. The molecule has 0 saturated heterocycles. The van der Waals surface area contributed by atoms with Crippen LogP contribution in [0.5, 0.6) is 0 Å². The molecular formula is C19H22N4. The van der Waals surface area contributed by atoms with Crippen molar-refractivity contribution in [2.24, 2.45) is 0 Å². The number of hydrogen-bond acceptors (Lipinski definition) is 4. The molecule has 0 atom stereocenters. The fourth-order valence-electron chi connectivity index (χ4n) is 1.98. The van der Waals surface area contributed by atoms with Crippen LogP contribution in [0.2, 0.25) is 0 Å². The van der Waals surface area contributed by atoms with Crippen molar-refractivity contribution >= 4 is 11.6 Å². The number of rotatable bonds is 8. The average Bonchev–Trinajstić information content (AvgIpc) is 2.63. The van der Waals surface area contributed by atoms with Gasteiger partial charge in [0.1, 0.15) is 11.6 Å². The zero-order valence-corrected chi connectivity index (χ0v) is 13.4. The summed E-state index contributed by atoms with van der Waals surface area (Å²) < 4.78 is 0.